The third kappa shape index (κ3) is 3.76. The molecule has 1 unspecified atom stereocenters. The van der Waals surface area contributed by atoms with E-state index in [9.17, 15) is 4.79 Å². The molecule has 1 atom stereocenters. The Morgan fingerprint density at radius 1 is 1.44 bits per heavy atom. The molecular formula is C12H24N2O2. The lowest BCUT2D eigenvalue weighted by Crippen LogP contribution is -2.48. The van der Waals surface area contributed by atoms with E-state index in [0.29, 0.717) is 6.10 Å². The molecule has 2 N–H and O–H groups in total. The molecule has 0 aromatic rings. The number of nitrogens with zero attached hydrogens (tertiary/aromatic N) is 1. The molecule has 94 valence electrons. The van der Waals surface area contributed by atoms with Crippen molar-refractivity contribution in [3.05, 3.63) is 0 Å². The zero-order valence-electron chi connectivity index (χ0n) is 10.4. The average Bonchev–Trinajstić information content (AvgIpc) is 2.30. The van der Waals surface area contributed by atoms with E-state index in [1.165, 1.54) is 0 Å². The van der Waals surface area contributed by atoms with Crippen LogP contribution in [-0.4, -0.2) is 42.6 Å². The molecule has 0 aliphatic carbocycles. The fraction of sp³-hybridized carbons (Fsp3) is 0.917. The van der Waals surface area contributed by atoms with Gasteiger partial charge in [0.25, 0.3) is 0 Å². The zero-order valence-corrected chi connectivity index (χ0v) is 10.4. The van der Waals surface area contributed by atoms with E-state index in [0.717, 1.165) is 45.4 Å². The number of likely N-dealkylation sites (tertiary alicyclic amines) is 1. The third-order valence-electron chi connectivity index (χ3n) is 3.07. The van der Waals surface area contributed by atoms with Crippen LogP contribution in [0.1, 0.15) is 39.5 Å². The van der Waals surface area contributed by atoms with Crippen LogP contribution in [0.25, 0.3) is 0 Å². The average molecular weight is 228 g/mol. The summed E-state index contributed by atoms with van der Waals surface area (Å²) in [6.07, 6.45) is 3.96. The summed E-state index contributed by atoms with van der Waals surface area (Å²) >= 11 is 0. The number of carbonyl (C=O) groups excluding carboxylic acids is 1. The van der Waals surface area contributed by atoms with E-state index >= 15 is 0 Å². The van der Waals surface area contributed by atoms with Crippen LogP contribution in [0.4, 0.5) is 0 Å². The van der Waals surface area contributed by atoms with Crippen LogP contribution >= 0.6 is 0 Å². The molecule has 0 spiro atoms. The highest BCUT2D eigenvalue weighted by Crippen LogP contribution is 2.14. The van der Waals surface area contributed by atoms with Gasteiger partial charge in [-0.3, -0.25) is 4.79 Å². The van der Waals surface area contributed by atoms with Crippen LogP contribution in [0, 0.1) is 0 Å². The Bertz CT molecular complexity index is 213. The molecule has 1 saturated heterocycles. The van der Waals surface area contributed by atoms with E-state index in [1.807, 2.05) is 11.8 Å². The summed E-state index contributed by atoms with van der Waals surface area (Å²) in [5.74, 6) is 0.108. The molecule has 16 heavy (non-hydrogen) atoms. The number of amides is 1. The fourth-order valence-corrected chi connectivity index (χ4v) is 2.15. The Labute approximate surface area is 98.1 Å². The topological polar surface area (TPSA) is 55.6 Å². The number of piperidine rings is 1. The van der Waals surface area contributed by atoms with E-state index in [-0.39, 0.29) is 11.9 Å². The van der Waals surface area contributed by atoms with E-state index in [4.69, 9.17) is 10.5 Å². The Morgan fingerprint density at radius 2 is 2.06 bits per heavy atom. The van der Waals surface area contributed by atoms with Crippen molar-refractivity contribution in [3.8, 4) is 0 Å². The first kappa shape index (κ1) is 13.5. The second-order valence-corrected chi connectivity index (χ2v) is 4.38. The number of hydrogen-bond acceptors (Lipinski definition) is 3. The van der Waals surface area contributed by atoms with Crippen LogP contribution in [0.2, 0.25) is 0 Å². The largest absolute Gasteiger partial charge is 0.378 e. The Hall–Kier alpha value is -0.610. The van der Waals surface area contributed by atoms with Crippen molar-refractivity contribution >= 4 is 5.91 Å². The maximum atomic E-state index is 11.9. The Kier molecular flexibility index (Phi) is 5.77. The highest BCUT2D eigenvalue weighted by molar-refractivity contribution is 5.81. The van der Waals surface area contributed by atoms with Crippen molar-refractivity contribution < 1.29 is 9.53 Å². The highest BCUT2D eigenvalue weighted by Gasteiger charge is 2.25. The van der Waals surface area contributed by atoms with Gasteiger partial charge in [0.2, 0.25) is 5.91 Å². The van der Waals surface area contributed by atoms with Gasteiger partial charge in [-0.05, 0) is 26.2 Å². The number of hydrogen-bond donors (Lipinski definition) is 1. The quantitative estimate of drug-likeness (QED) is 0.767. The number of ether oxygens (including phenoxy) is 1. The molecule has 1 fully saturated rings. The van der Waals surface area contributed by atoms with Crippen LogP contribution in [0.5, 0.6) is 0 Å². The van der Waals surface area contributed by atoms with Crippen molar-refractivity contribution in [3.63, 3.8) is 0 Å². The standard InChI is InChI=1S/C12H24N2O2/c1-3-5-11(13)12(15)14-8-6-10(7-9-14)16-4-2/h10-11H,3-9,13H2,1-2H3. The summed E-state index contributed by atoms with van der Waals surface area (Å²) in [7, 11) is 0. The molecule has 4 nitrogen and oxygen atoms in total. The van der Waals surface area contributed by atoms with Crippen LogP contribution in [-0.2, 0) is 9.53 Å². The van der Waals surface area contributed by atoms with Gasteiger partial charge in [-0.25, -0.2) is 0 Å². The molecule has 0 radical (unpaired) electrons. The van der Waals surface area contributed by atoms with Gasteiger partial charge >= 0.3 is 0 Å². The number of nitrogens with two attached hydrogens (primary N) is 1. The minimum absolute atomic E-state index is 0.108. The van der Waals surface area contributed by atoms with E-state index in [2.05, 4.69) is 6.92 Å². The fourth-order valence-electron chi connectivity index (χ4n) is 2.15. The van der Waals surface area contributed by atoms with Crippen LogP contribution in [0.3, 0.4) is 0 Å². The SMILES string of the molecule is CCCC(N)C(=O)N1CCC(OCC)CC1. The maximum Gasteiger partial charge on any atom is 0.239 e. The minimum atomic E-state index is -0.311. The van der Waals surface area contributed by atoms with Gasteiger partial charge in [-0.1, -0.05) is 13.3 Å². The molecule has 4 heteroatoms. The minimum Gasteiger partial charge on any atom is -0.378 e. The van der Waals surface area contributed by atoms with Gasteiger partial charge in [0.05, 0.1) is 12.1 Å². The van der Waals surface area contributed by atoms with Gasteiger partial charge in [0.15, 0.2) is 0 Å². The van der Waals surface area contributed by atoms with Gasteiger partial charge in [0, 0.05) is 19.7 Å². The molecule has 0 saturated carbocycles. The molecule has 1 amide bonds. The van der Waals surface area contributed by atoms with Crippen molar-refractivity contribution in [2.45, 2.75) is 51.7 Å². The predicted octanol–water partition coefficient (Wildman–Crippen LogP) is 1.14. The summed E-state index contributed by atoms with van der Waals surface area (Å²) in [4.78, 5) is 13.8. The predicted molar refractivity (Wildman–Crippen MR) is 64.1 cm³/mol. The summed E-state index contributed by atoms with van der Waals surface area (Å²) in [6, 6.07) is -0.311. The number of rotatable bonds is 5. The third-order valence-corrected chi connectivity index (χ3v) is 3.07. The van der Waals surface area contributed by atoms with E-state index in [1.54, 1.807) is 0 Å². The van der Waals surface area contributed by atoms with Crippen molar-refractivity contribution in [1.82, 2.24) is 4.90 Å². The lowest BCUT2D eigenvalue weighted by Gasteiger charge is -2.33. The monoisotopic (exact) mass is 228 g/mol. The summed E-state index contributed by atoms with van der Waals surface area (Å²) in [5, 5.41) is 0. The lowest BCUT2D eigenvalue weighted by atomic mass is 10.1. The smallest absolute Gasteiger partial charge is 0.239 e. The molecule has 0 bridgehead atoms. The first-order valence-corrected chi connectivity index (χ1v) is 6.35. The molecule has 1 aliphatic heterocycles. The van der Waals surface area contributed by atoms with Crippen LogP contribution < -0.4 is 5.73 Å². The second-order valence-electron chi connectivity index (χ2n) is 4.38. The number of carbonyl (C=O) groups is 1. The van der Waals surface area contributed by atoms with Gasteiger partial charge in [-0.2, -0.15) is 0 Å². The normalized spacial score (nSPS) is 19.8. The Morgan fingerprint density at radius 3 is 2.56 bits per heavy atom. The van der Waals surface area contributed by atoms with Gasteiger partial charge in [-0.15, -0.1) is 0 Å². The van der Waals surface area contributed by atoms with Crippen molar-refractivity contribution in [2.75, 3.05) is 19.7 Å². The molecular weight excluding hydrogens is 204 g/mol. The molecule has 0 aromatic heterocycles. The van der Waals surface area contributed by atoms with Gasteiger partial charge in [0.1, 0.15) is 0 Å². The van der Waals surface area contributed by atoms with Crippen molar-refractivity contribution in [2.24, 2.45) is 5.73 Å². The zero-order chi connectivity index (χ0) is 12.0. The highest BCUT2D eigenvalue weighted by atomic mass is 16.5. The lowest BCUT2D eigenvalue weighted by molar-refractivity contribution is -0.135. The Balaban J connectivity index is 2.32. The summed E-state index contributed by atoms with van der Waals surface area (Å²) in [6.45, 7) is 6.40. The van der Waals surface area contributed by atoms with Crippen LogP contribution in [0.15, 0.2) is 0 Å². The molecule has 1 heterocycles. The maximum absolute atomic E-state index is 11.9. The molecule has 1 aliphatic rings. The molecule has 0 aromatic carbocycles. The van der Waals surface area contributed by atoms with Gasteiger partial charge < -0.3 is 15.4 Å². The van der Waals surface area contributed by atoms with Crippen molar-refractivity contribution in [1.29, 1.82) is 0 Å². The first-order valence-electron chi connectivity index (χ1n) is 6.35. The molecule has 1 rings (SSSR count). The summed E-state index contributed by atoms with van der Waals surface area (Å²) in [5.41, 5.74) is 5.83. The second kappa shape index (κ2) is 6.86. The first-order chi connectivity index (χ1) is 7.69. The summed E-state index contributed by atoms with van der Waals surface area (Å²) < 4.78 is 5.55. The van der Waals surface area contributed by atoms with E-state index < -0.39 is 0 Å².